The van der Waals surface area contributed by atoms with Crippen LogP contribution in [0.1, 0.15) is 13.0 Å². The highest BCUT2D eigenvalue weighted by atomic mass is 32.2. The second-order valence-electron chi connectivity index (χ2n) is 4.55. The number of anilines is 1. The standard InChI is InChI=1S/C11H8F3NO5S.CH4/c12-11(13,14)6-1-7-3-9(2-6)21(17,18)20-5-8-4-19-10(16)15(7)8;/h1-3,8H,4-5H2;1H4. The van der Waals surface area contributed by atoms with Crippen LogP contribution in [-0.2, 0) is 25.2 Å². The van der Waals surface area contributed by atoms with Crippen molar-refractivity contribution >= 4 is 21.9 Å². The molecular formula is C12H12F3NO5S. The van der Waals surface area contributed by atoms with Gasteiger partial charge in [-0.2, -0.15) is 21.6 Å². The molecule has 1 atom stereocenters. The van der Waals surface area contributed by atoms with Crippen molar-refractivity contribution in [3.8, 4) is 0 Å². The van der Waals surface area contributed by atoms with Crippen LogP contribution in [0.2, 0.25) is 0 Å². The number of carbonyl (C=O) groups is 1. The summed E-state index contributed by atoms with van der Waals surface area (Å²) in [4.78, 5) is 11.9. The molecule has 10 heteroatoms. The fourth-order valence-corrected chi connectivity index (χ4v) is 3.17. The molecule has 0 radical (unpaired) electrons. The van der Waals surface area contributed by atoms with Crippen molar-refractivity contribution in [1.82, 2.24) is 0 Å². The van der Waals surface area contributed by atoms with Crippen molar-refractivity contribution in [2.45, 2.75) is 24.5 Å². The van der Waals surface area contributed by atoms with E-state index >= 15 is 0 Å². The van der Waals surface area contributed by atoms with Gasteiger partial charge in [-0.15, -0.1) is 0 Å². The minimum absolute atomic E-state index is 0. The summed E-state index contributed by atoms with van der Waals surface area (Å²) in [6.45, 7) is -0.530. The lowest BCUT2D eigenvalue weighted by Gasteiger charge is -2.25. The molecule has 122 valence electrons. The summed E-state index contributed by atoms with van der Waals surface area (Å²) in [7, 11) is -4.31. The molecule has 0 spiro atoms. The Hall–Kier alpha value is -1.81. The lowest BCUT2D eigenvalue weighted by Crippen LogP contribution is -2.39. The van der Waals surface area contributed by atoms with Gasteiger partial charge < -0.3 is 4.74 Å². The second kappa shape index (κ2) is 5.13. The first-order valence-electron chi connectivity index (χ1n) is 5.76. The summed E-state index contributed by atoms with van der Waals surface area (Å²) in [5.41, 5.74) is -1.36. The number of carbonyl (C=O) groups excluding carboxylic acids is 1. The maximum Gasteiger partial charge on any atom is 0.416 e. The molecule has 6 nitrogen and oxygen atoms in total. The number of rotatable bonds is 0. The first-order valence-corrected chi connectivity index (χ1v) is 7.17. The van der Waals surface area contributed by atoms with Crippen LogP contribution < -0.4 is 4.90 Å². The smallest absolute Gasteiger partial charge is 0.416 e. The van der Waals surface area contributed by atoms with Crippen molar-refractivity contribution in [3.63, 3.8) is 0 Å². The molecule has 0 aromatic heterocycles. The highest BCUT2D eigenvalue weighted by molar-refractivity contribution is 7.86. The molecule has 0 aliphatic carbocycles. The van der Waals surface area contributed by atoms with Gasteiger partial charge in [0.15, 0.2) is 0 Å². The maximum absolute atomic E-state index is 12.9. The summed E-state index contributed by atoms with van der Waals surface area (Å²) in [5.74, 6) is 0. The number of fused-ring (bicyclic) bond motifs is 4. The Bertz CT molecular complexity index is 716. The average molecular weight is 339 g/mol. The van der Waals surface area contributed by atoms with Crippen LogP contribution >= 0.6 is 0 Å². The number of halogens is 3. The van der Waals surface area contributed by atoms with E-state index in [9.17, 15) is 26.4 Å². The SMILES string of the molecule is C.O=C1OCC2COS(=O)(=O)c3cc(cc(C(F)(F)F)c3)N12. The van der Waals surface area contributed by atoms with Crippen LogP contribution in [0.25, 0.3) is 0 Å². The van der Waals surface area contributed by atoms with E-state index in [0.29, 0.717) is 12.1 Å². The predicted molar refractivity (Wildman–Crippen MR) is 68.9 cm³/mol. The van der Waals surface area contributed by atoms with E-state index in [1.165, 1.54) is 0 Å². The highest BCUT2D eigenvalue weighted by Crippen LogP contribution is 2.37. The number of hydrogen-bond donors (Lipinski definition) is 0. The summed E-state index contributed by atoms with van der Waals surface area (Å²) in [6.07, 6.45) is -5.59. The monoisotopic (exact) mass is 339 g/mol. The van der Waals surface area contributed by atoms with Crippen LogP contribution in [0.5, 0.6) is 0 Å². The van der Waals surface area contributed by atoms with E-state index in [0.717, 1.165) is 11.0 Å². The molecule has 0 saturated carbocycles. The van der Waals surface area contributed by atoms with Gasteiger partial charge in [-0.3, -0.25) is 9.08 Å². The van der Waals surface area contributed by atoms with Gasteiger partial charge in [-0.25, -0.2) is 4.79 Å². The zero-order valence-corrected chi connectivity index (χ0v) is 11.1. The molecule has 1 saturated heterocycles. The molecule has 2 aliphatic heterocycles. The summed E-state index contributed by atoms with van der Waals surface area (Å²) in [5, 5.41) is 0. The molecule has 3 rings (SSSR count). The molecule has 2 heterocycles. The van der Waals surface area contributed by atoms with Crippen molar-refractivity contribution in [2.75, 3.05) is 18.1 Å². The van der Waals surface area contributed by atoms with Crippen molar-refractivity contribution in [1.29, 1.82) is 0 Å². The Morgan fingerprint density at radius 2 is 1.86 bits per heavy atom. The molecule has 0 N–H and O–H groups in total. The zero-order chi connectivity index (χ0) is 15.4. The predicted octanol–water partition coefficient (Wildman–Crippen LogP) is 2.39. The molecule has 1 fully saturated rings. The van der Waals surface area contributed by atoms with Gasteiger partial charge in [0.2, 0.25) is 0 Å². The zero-order valence-electron chi connectivity index (χ0n) is 10.3. The molecule has 2 aliphatic rings. The molecule has 22 heavy (non-hydrogen) atoms. The quantitative estimate of drug-likeness (QED) is 0.679. The van der Waals surface area contributed by atoms with Crippen LogP contribution in [0.4, 0.5) is 23.7 Å². The van der Waals surface area contributed by atoms with Gasteiger partial charge in [0.1, 0.15) is 6.61 Å². The fourth-order valence-electron chi connectivity index (χ4n) is 2.17. The van der Waals surface area contributed by atoms with Gasteiger partial charge in [-0.1, -0.05) is 7.43 Å². The molecule has 1 aromatic carbocycles. The number of amides is 1. The molecule has 1 amide bonds. The Labute approximate surface area is 124 Å². The van der Waals surface area contributed by atoms with E-state index in [1.807, 2.05) is 0 Å². The average Bonchev–Trinajstić information content (AvgIpc) is 2.75. The number of alkyl halides is 3. The highest BCUT2D eigenvalue weighted by Gasteiger charge is 2.40. The molecule has 1 unspecified atom stereocenters. The lowest BCUT2D eigenvalue weighted by molar-refractivity contribution is -0.137. The minimum atomic E-state index is -4.75. The van der Waals surface area contributed by atoms with E-state index < -0.39 is 38.9 Å². The molecule has 2 bridgehead atoms. The van der Waals surface area contributed by atoms with Crippen molar-refractivity contribution < 1.29 is 35.3 Å². The summed E-state index contributed by atoms with van der Waals surface area (Å²) < 4.78 is 71.7. The Balaban J connectivity index is 0.00000176. The van der Waals surface area contributed by atoms with Gasteiger partial charge in [0, 0.05) is 5.69 Å². The summed E-state index contributed by atoms with van der Waals surface area (Å²) >= 11 is 0. The maximum atomic E-state index is 12.9. The van der Waals surface area contributed by atoms with Gasteiger partial charge in [-0.05, 0) is 18.2 Å². The van der Waals surface area contributed by atoms with Gasteiger partial charge >= 0.3 is 12.3 Å². The van der Waals surface area contributed by atoms with E-state index in [4.69, 9.17) is 4.74 Å². The topological polar surface area (TPSA) is 72.9 Å². The third-order valence-corrected chi connectivity index (χ3v) is 4.42. The molecular weight excluding hydrogens is 327 g/mol. The first-order chi connectivity index (χ1) is 9.68. The Morgan fingerprint density at radius 3 is 2.50 bits per heavy atom. The number of ether oxygens (including phenoxy) is 1. The Kier molecular flexibility index (Phi) is 3.86. The van der Waals surface area contributed by atoms with Crippen molar-refractivity contribution in [3.05, 3.63) is 23.8 Å². The van der Waals surface area contributed by atoms with Crippen LogP contribution in [-0.4, -0.2) is 33.8 Å². The number of benzene rings is 1. The van der Waals surface area contributed by atoms with Crippen LogP contribution in [0, 0.1) is 0 Å². The fraction of sp³-hybridized carbons (Fsp3) is 0.417. The number of nitrogens with zero attached hydrogens (tertiary/aromatic N) is 1. The first kappa shape index (κ1) is 16.6. The van der Waals surface area contributed by atoms with Crippen molar-refractivity contribution in [2.24, 2.45) is 0 Å². The number of hydrogen-bond acceptors (Lipinski definition) is 5. The van der Waals surface area contributed by atoms with Gasteiger partial charge in [0.05, 0.1) is 23.1 Å². The van der Waals surface area contributed by atoms with Gasteiger partial charge in [0.25, 0.3) is 10.1 Å². The Morgan fingerprint density at radius 1 is 1.18 bits per heavy atom. The van der Waals surface area contributed by atoms with E-state index in [1.54, 1.807) is 0 Å². The van der Waals surface area contributed by atoms with E-state index in [2.05, 4.69) is 4.18 Å². The van der Waals surface area contributed by atoms with E-state index in [-0.39, 0.29) is 26.3 Å². The molecule has 1 aromatic rings. The summed E-state index contributed by atoms with van der Waals surface area (Å²) in [6, 6.07) is 1.36. The number of cyclic esters (lactones) is 1. The lowest BCUT2D eigenvalue weighted by atomic mass is 10.1. The van der Waals surface area contributed by atoms with Crippen LogP contribution in [0.3, 0.4) is 0 Å². The van der Waals surface area contributed by atoms with Crippen LogP contribution in [0.15, 0.2) is 23.1 Å². The second-order valence-corrected chi connectivity index (χ2v) is 6.17. The largest absolute Gasteiger partial charge is 0.447 e. The normalized spacial score (nSPS) is 23.0. The third kappa shape index (κ3) is 2.63. The minimum Gasteiger partial charge on any atom is -0.447 e. The third-order valence-electron chi connectivity index (χ3n) is 3.16.